The predicted octanol–water partition coefficient (Wildman–Crippen LogP) is -0.255. The van der Waals surface area contributed by atoms with Crippen LogP contribution in [0.25, 0.3) is 0 Å². The number of fused-ring (bicyclic) bond motifs is 2. The molecule has 0 saturated carbocycles. The van der Waals surface area contributed by atoms with Crippen LogP contribution in [0.15, 0.2) is 36.8 Å². The number of benzene rings is 1. The number of nitrogens with one attached hydrogen (secondary N) is 5. The number of aromatic nitrogens is 2. The van der Waals surface area contributed by atoms with Crippen molar-refractivity contribution in [3.8, 4) is 5.75 Å². The van der Waals surface area contributed by atoms with E-state index in [1.54, 1.807) is 30.5 Å². The van der Waals surface area contributed by atoms with Crippen molar-refractivity contribution >= 4 is 17.7 Å². The van der Waals surface area contributed by atoms with E-state index in [4.69, 9.17) is 4.74 Å². The quantitative estimate of drug-likeness (QED) is 0.447. The molecule has 1 aromatic heterocycles. The van der Waals surface area contributed by atoms with Gasteiger partial charge in [-0.25, -0.2) is 4.98 Å². The van der Waals surface area contributed by atoms with Crippen LogP contribution in [0.5, 0.6) is 5.75 Å². The van der Waals surface area contributed by atoms with Gasteiger partial charge < -0.3 is 31.0 Å². The molecule has 0 fully saturated rings. The number of amides is 3. The highest BCUT2D eigenvalue weighted by molar-refractivity contribution is 5.97. The zero-order valence-electron chi connectivity index (χ0n) is 17.3. The van der Waals surface area contributed by atoms with Gasteiger partial charge in [0.05, 0.1) is 19.4 Å². The second kappa shape index (κ2) is 11.7. The maximum atomic E-state index is 12.8. The lowest BCUT2D eigenvalue weighted by molar-refractivity contribution is -0.123. The van der Waals surface area contributed by atoms with Gasteiger partial charge in [-0.3, -0.25) is 14.4 Å². The van der Waals surface area contributed by atoms with Crippen LogP contribution in [0.2, 0.25) is 0 Å². The van der Waals surface area contributed by atoms with E-state index < -0.39 is 6.04 Å². The number of nitrogens with zero attached hydrogens (tertiary/aromatic N) is 1. The van der Waals surface area contributed by atoms with Gasteiger partial charge in [0.25, 0.3) is 5.91 Å². The maximum absolute atomic E-state index is 12.8. The molecular weight excluding hydrogens is 400 g/mol. The van der Waals surface area contributed by atoms with Crippen LogP contribution in [-0.2, 0) is 16.0 Å². The zero-order chi connectivity index (χ0) is 21.9. The third-order valence-electron chi connectivity index (χ3n) is 4.76. The summed E-state index contributed by atoms with van der Waals surface area (Å²) in [6.45, 7) is 2.02. The third-order valence-corrected chi connectivity index (χ3v) is 4.76. The van der Waals surface area contributed by atoms with Crippen LogP contribution in [0.4, 0.5) is 0 Å². The monoisotopic (exact) mass is 428 g/mol. The summed E-state index contributed by atoms with van der Waals surface area (Å²) in [5, 5.41) is 11.5. The Morgan fingerprint density at radius 3 is 2.77 bits per heavy atom. The third kappa shape index (κ3) is 7.41. The van der Waals surface area contributed by atoms with Crippen molar-refractivity contribution in [2.75, 3.05) is 32.8 Å². The van der Waals surface area contributed by atoms with Crippen molar-refractivity contribution in [3.63, 3.8) is 0 Å². The van der Waals surface area contributed by atoms with Gasteiger partial charge in [0.15, 0.2) is 0 Å². The highest BCUT2D eigenvalue weighted by Gasteiger charge is 2.22. The molecule has 5 N–H and O–H groups in total. The molecule has 1 aliphatic heterocycles. The van der Waals surface area contributed by atoms with Crippen LogP contribution in [0.3, 0.4) is 0 Å². The molecule has 1 aliphatic rings. The molecule has 0 radical (unpaired) electrons. The number of aromatic amines is 1. The van der Waals surface area contributed by atoms with Crippen molar-refractivity contribution in [2.45, 2.75) is 25.3 Å². The minimum Gasteiger partial charge on any atom is -0.492 e. The molecule has 2 aromatic rings. The van der Waals surface area contributed by atoms with E-state index in [0.29, 0.717) is 37.4 Å². The average molecular weight is 428 g/mol. The van der Waals surface area contributed by atoms with Crippen molar-refractivity contribution < 1.29 is 19.1 Å². The highest BCUT2D eigenvalue weighted by atomic mass is 16.5. The average Bonchev–Trinajstić information content (AvgIpc) is 3.28. The molecule has 1 aromatic carbocycles. The molecule has 0 aliphatic carbocycles. The van der Waals surface area contributed by atoms with Crippen molar-refractivity contribution in [1.29, 1.82) is 0 Å². The molecule has 10 heteroatoms. The summed E-state index contributed by atoms with van der Waals surface area (Å²) >= 11 is 0. The van der Waals surface area contributed by atoms with Crippen LogP contribution in [-0.4, -0.2) is 66.5 Å². The second-order valence-electron chi connectivity index (χ2n) is 7.21. The van der Waals surface area contributed by atoms with Crippen LogP contribution in [0.1, 0.15) is 28.9 Å². The zero-order valence-corrected chi connectivity index (χ0v) is 17.3. The Hall–Kier alpha value is -3.40. The number of imidazole rings is 1. The fourth-order valence-electron chi connectivity index (χ4n) is 3.13. The van der Waals surface area contributed by atoms with Crippen molar-refractivity contribution in [3.05, 3.63) is 48.0 Å². The first-order valence-corrected chi connectivity index (χ1v) is 10.4. The number of hydrogen-bond acceptors (Lipinski definition) is 6. The number of carbonyl (C=O) groups is 3. The Labute approximate surface area is 180 Å². The summed E-state index contributed by atoms with van der Waals surface area (Å²) in [5.74, 6) is -0.238. The molecular formula is C21H28N6O4. The summed E-state index contributed by atoms with van der Waals surface area (Å²) in [4.78, 5) is 44.3. The number of carbonyl (C=O) groups excluding carboxylic acids is 3. The van der Waals surface area contributed by atoms with Crippen molar-refractivity contribution in [2.24, 2.45) is 0 Å². The van der Waals surface area contributed by atoms with Gasteiger partial charge in [0, 0.05) is 30.4 Å². The minimum absolute atomic E-state index is 0.107. The van der Waals surface area contributed by atoms with Crippen LogP contribution < -0.4 is 26.0 Å². The largest absolute Gasteiger partial charge is 0.492 e. The summed E-state index contributed by atoms with van der Waals surface area (Å²) < 4.78 is 5.63. The fraction of sp³-hybridized carbons (Fsp3) is 0.429. The first kappa shape index (κ1) is 22.3. The Balaban J connectivity index is 1.71. The maximum Gasteiger partial charge on any atom is 0.252 e. The SMILES string of the molecule is O=C1CNCCCCNC(=O)[C@H](Cc2cnc[nH]2)NC(=O)c2cccc(c2)OCCN1. The van der Waals surface area contributed by atoms with Gasteiger partial charge in [-0.2, -0.15) is 0 Å². The second-order valence-corrected chi connectivity index (χ2v) is 7.21. The number of ether oxygens (including phenoxy) is 1. The molecule has 166 valence electrons. The molecule has 3 amide bonds. The number of hydrogen-bond donors (Lipinski definition) is 5. The Morgan fingerprint density at radius 2 is 1.94 bits per heavy atom. The van der Waals surface area contributed by atoms with Gasteiger partial charge in [0.2, 0.25) is 11.8 Å². The molecule has 10 nitrogen and oxygen atoms in total. The lowest BCUT2D eigenvalue weighted by Gasteiger charge is -2.18. The molecule has 0 unspecified atom stereocenters. The molecule has 1 atom stereocenters. The first-order chi connectivity index (χ1) is 15.1. The minimum atomic E-state index is -0.750. The smallest absolute Gasteiger partial charge is 0.252 e. The van der Waals surface area contributed by atoms with E-state index in [-0.39, 0.29) is 30.9 Å². The molecule has 31 heavy (non-hydrogen) atoms. The summed E-state index contributed by atoms with van der Waals surface area (Å²) in [5.41, 5.74) is 1.13. The van der Waals surface area contributed by atoms with Gasteiger partial charge >= 0.3 is 0 Å². The van der Waals surface area contributed by atoms with Gasteiger partial charge in [-0.05, 0) is 37.6 Å². The van der Waals surface area contributed by atoms with E-state index in [0.717, 1.165) is 18.5 Å². The van der Waals surface area contributed by atoms with E-state index >= 15 is 0 Å². The van der Waals surface area contributed by atoms with Crippen LogP contribution in [0, 0.1) is 0 Å². The van der Waals surface area contributed by atoms with E-state index in [2.05, 4.69) is 31.2 Å². The Kier molecular flexibility index (Phi) is 8.41. The first-order valence-electron chi connectivity index (χ1n) is 10.4. The highest BCUT2D eigenvalue weighted by Crippen LogP contribution is 2.13. The van der Waals surface area contributed by atoms with Gasteiger partial charge in [-0.15, -0.1) is 0 Å². The van der Waals surface area contributed by atoms with E-state index in [9.17, 15) is 14.4 Å². The summed E-state index contributed by atoms with van der Waals surface area (Å²) in [6, 6.07) is 5.96. The normalized spacial score (nSPS) is 19.6. The number of H-pyrrole nitrogens is 1. The van der Waals surface area contributed by atoms with E-state index in [1.165, 1.54) is 6.33 Å². The standard InChI is InChI=1S/C21H28N6O4/c28-19-13-22-6-1-2-7-25-21(30)18(11-16-12-23-14-26-16)27-20(29)15-4-3-5-17(10-15)31-9-8-24-19/h3-5,10,12,14,18,22H,1-2,6-9,11,13H2,(H,23,26)(H,24,28)(H,25,30)(H,27,29)/t18-/m0/s1. The molecule has 0 saturated heterocycles. The molecule has 2 bridgehead atoms. The lowest BCUT2D eigenvalue weighted by Crippen LogP contribution is -2.48. The molecule has 2 heterocycles. The van der Waals surface area contributed by atoms with E-state index in [1.807, 2.05) is 0 Å². The van der Waals surface area contributed by atoms with Gasteiger partial charge in [-0.1, -0.05) is 6.07 Å². The molecule has 0 spiro atoms. The number of rotatable bonds is 2. The summed E-state index contributed by atoms with van der Waals surface area (Å²) in [7, 11) is 0. The Morgan fingerprint density at radius 1 is 1.06 bits per heavy atom. The van der Waals surface area contributed by atoms with Crippen LogP contribution >= 0.6 is 0 Å². The van der Waals surface area contributed by atoms with Gasteiger partial charge in [0.1, 0.15) is 18.4 Å². The predicted molar refractivity (Wildman–Crippen MR) is 114 cm³/mol. The molecule has 3 rings (SSSR count). The van der Waals surface area contributed by atoms with Crippen molar-refractivity contribution in [1.82, 2.24) is 31.2 Å². The Bertz CT molecular complexity index is 871. The fourth-order valence-corrected chi connectivity index (χ4v) is 3.13. The summed E-state index contributed by atoms with van der Waals surface area (Å²) in [6.07, 6.45) is 5.01. The topological polar surface area (TPSA) is 137 Å². The lowest BCUT2D eigenvalue weighted by atomic mass is 10.1.